The van der Waals surface area contributed by atoms with Crippen LogP contribution >= 0.6 is 11.8 Å². The Hall–Kier alpha value is -0.200. The third-order valence-electron chi connectivity index (χ3n) is 3.96. The number of hydrogen-bond donors (Lipinski definition) is 0. The summed E-state index contributed by atoms with van der Waals surface area (Å²) < 4.78 is 0.438. The Kier molecular flexibility index (Phi) is 3.51. The molecule has 0 aromatic carbocycles. The van der Waals surface area contributed by atoms with E-state index in [0.717, 1.165) is 13.1 Å². The first-order chi connectivity index (χ1) is 7.55. The van der Waals surface area contributed by atoms with Crippen molar-refractivity contribution in [2.75, 3.05) is 25.4 Å². The van der Waals surface area contributed by atoms with Gasteiger partial charge in [-0.15, -0.1) is 0 Å². The van der Waals surface area contributed by atoms with Crippen LogP contribution in [0.1, 0.15) is 39.5 Å². The molecule has 2 fully saturated rings. The molecule has 0 aliphatic carbocycles. The van der Waals surface area contributed by atoms with E-state index in [0.29, 0.717) is 16.7 Å². The monoisotopic (exact) mass is 238 g/mol. The van der Waals surface area contributed by atoms with Crippen molar-refractivity contribution in [2.45, 2.75) is 44.3 Å². The van der Waals surface area contributed by atoms with Gasteiger partial charge in [0.05, 0.1) is 12.6 Å². The Balaban J connectivity index is 2.04. The van der Waals surface area contributed by atoms with Gasteiger partial charge in [-0.2, -0.15) is 17.0 Å². The molecule has 2 aliphatic heterocycles. The number of nitriles is 1. The van der Waals surface area contributed by atoms with Crippen LogP contribution in [-0.2, 0) is 0 Å². The summed E-state index contributed by atoms with van der Waals surface area (Å²) >= 11 is 2.12. The smallest absolute Gasteiger partial charge is 0.0866 e. The minimum Gasteiger partial charge on any atom is -0.290 e. The summed E-state index contributed by atoms with van der Waals surface area (Å²) in [5.74, 6) is 1.30. The molecule has 2 nitrogen and oxygen atoms in total. The number of piperidine rings is 1. The van der Waals surface area contributed by atoms with Crippen molar-refractivity contribution < 1.29 is 0 Å². The maximum Gasteiger partial charge on any atom is 0.0866 e. The van der Waals surface area contributed by atoms with Crippen molar-refractivity contribution in [1.82, 2.24) is 4.90 Å². The van der Waals surface area contributed by atoms with E-state index in [1.54, 1.807) is 0 Å². The fourth-order valence-electron chi connectivity index (χ4n) is 3.48. The minimum atomic E-state index is 0.438. The molecule has 3 heteroatoms. The van der Waals surface area contributed by atoms with E-state index in [2.05, 4.69) is 36.6 Å². The summed E-state index contributed by atoms with van der Waals surface area (Å²) in [4.78, 5) is 2.36. The van der Waals surface area contributed by atoms with Crippen LogP contribution < -0.4 is 0 Å². The highest BCUT2D eigenvalue weighted by atomic mass is 32.2. The molecule has 90 valence electrons. The van der Waals surface area contributed by atoms with Crippen LogP contribution in [0, 0.1) is 16.7 Å². The fourth-order valence-corrected chi connectivity index (χ4v) is 4.98. The molecule has 0 aromatic heterocycles. The second-order valence-corrected chi connectivity index (χ2v) is 7.81. The van der Waals surface area contributed by atoms with Crippen molar-refractivity contribution in [1.29, 1.82) is 5.26 Å². The van der Waals surface area contributed by atoms with E-state index in [-0.39, 0.29) is 0 Å². The molecule has 2 heterocycles. The summed E-state index contributed by atoms with van der Waals surface area (Å²) in [5, 5.41) is 8.81. The Morgan fingerprint density at radius 1 is 1.38 bits per heavy atom. The highest BCUT2D eigenvalue weighted by Gasteiger charge is 2.42. The molecule has 2 aliphatic rings. The molecule has 0 N–H and O–H groups in total. The van der Waals surface area contributed by atoms with Crippen LogP contribution in [-0.4, -0.2) is 35.0 Å². The van der Waals surface area contributed by atoms with Gasteiger partial charge in [-0.05, 0) is 43.4 Å². The molecule has 2 saturated heterocycles. The molecule has 1 atom stereocenters. The van der Waals surface area contributed by atoms with Gasteiger partial charge in [0.1, 0.15) is 0 Å². The van der Waals surface area contributed by atoms with Crippen molar-refractivity contribution in [3.05, 3.63) is 0 Å². The highest BCUT2D eigenvalue weighted by Crippen LogP contribution is 2.49. The lowest BCUT2D eigenvalue weighted by molar-refractivity contribution is 0.0749. The largest absolute Gasteiger partial charge is 0.290 e. The van der Waals surface area contributed by atoms with Crippen LogP contribution in [0.2, 0.25) is 0 Å². The van der Waals surface area contributed by atoms with Crippen molar-refractivity contribution in [2.24, 2.45) is 5.41 Å². The SMILES string of the molecule is CC1(C)C[C@]2(CCCN(CC#N)C2)CCS1. The van der Waals surface area contributed by atoms with E-state index >= 15 is 0 Å². The number of rotatable bonds is 1. The number of nitrogens with zero attached hydrogens (tertiary/aromatic N) is 2. The summed E-state index contributed by atoms with van der Waals surface area (Å²) in [6.45, 7) is 7.66. The second-order valence-electron chi connectivity index (χ2n) is 6.01. The van der Waals surface area contributed by atoms with Gasteiger partial charge in [-0.3, -0.25) is 4.90 Å². The zero-order chi connectivity index (χ0) is 11.6. The molecule has 16 heavy (non-hydrogen) atoms. The molecular weight excluding hydrogens is 216 g/mol. The maximum absolute atomic E-state index is 8.81. The first-order valence-electron chi connectivity index (χ1n) is 6.29. The summed E-state index contributed by atoms with van der Waals surface area (Å²) in [7, 11) is 0. The van der Waals surface area contributed by atoms with Gasteiger partial charge in [0.25, 0.3) is 0 Å². The van der Waals surface area contributed by atoms with E-state index < -0.39 is 0 Å². The Morgan fingerprint density at radius 2 is 2.19 bits per heavy atom. The summed E-state index contributed by atoms with van der Waals surface area (Å²) in [6, 6.07) is 2.30. The van der Waals surface area contributed by atoms with Crippen LogP contribution in [0.15, 0.2) is 0 Å². The van der Waals surface area contributed by atoms with Crippen molar-refractivity contribution in [3.8, 4) is 6.07 Å². The zero-order valence-corrected chi connectivity index (χ0v) is 11.3. The first-order valence-corrected chi connectivity index (χ1v) is 7.27. The third kappa shape index (κ3) is 2.73. The number of likely N-dealkylation sites (tertiary alicyclic amines) is 1. The molecular formula is C13H22N2S. The molecule has 0 aromatic rings. The standard InChI is InChI=1S/C13H22N2S/c1-12(2)10-13(5-9-16-12)4-3-7-15(11-13)8-6-14/h3-5,7-11H2,1-2H3/t13-/m0/s1. The van der Waals surface area contributed by atoms with Gasteiger partial charge >= 0.3 is 0 Å². The molecule has 0 unspecified atom stereocenters. The van der Waals surface area contributed by atoms with Gasteiger partial charge in [0.15, 0.2) is 0 Å². The van der Waals surface area contributed by atoms with Gasteiger partial charge in [0, 0.05) is 11.3 Å². The van der Waals surface area contributed by atoms with Crippen LogP contribution in [0.4, 0.5) is 0 Å². The van der Waals surface area contributed by atoms with E-state index in [4.69, 9.17) is 5.26 Å². The fraction of sp³-hybridized carbons (Fsp3) is 0.923. The number of thioether (sulfide) groups is 1. The second kappa shape index (κ2) is 4.58. The average Bonchev–Trinajstić information content (AvgIpc) is 2.16. The first kappa shape index (κ1) is 12.3. The van der Waals surface area contributed by atoms with Gasteiger partial charge in [-0.1, -0.05) is 13.8 Å². The van der Waals surface area contributed by atoms with Crippen LogP contribution in [0.3, 0.4) is 0 Å². The predicted octanol–water partition coefficient (Wildman–Crippen LogP) is 2.90. The Morgan fingerprint density at radius 3 is 2.88 bits per heavy atom. The molecule has 0 bridgehead atoms. The maximum atomic E-state index is 8.81. The van der Waals surface area contributed by atoms with E-state index in [1.807, 2.05) is 0 Å². The topological polar surface area (TPSA) is 27.0 Å². The normalized spacial score (nSPS) is 34.8. The predicted molar refractivity (Wildman–Crippen MR) is 69.5 cm³/mol. The zero-order valence-electron chi connectivity index (χ0n) is 10.5. The molecule has 1 spiro atoms. The van der Waals surface area contributed by atoms with Crippen LogP contribution in [0.25, 0.3) is 0 Å². The average molecular weight is 238 g/mol. The lowest BCUT2D eigenvalue weighted by atomic mass is 9.71. The summed E-state index contributed by atoms with van der Waals surface area (Å²) in [6.07, 6.45) is 5.33. The van der Waals surface area contributed by atoms with Gasteiger partial charge in [-0.25, -0.2) is 0 Å². The lowest BCUT2D eigenvalue weighted by Crippen LogP contribution is -2.48. The van der Waals surface area contributed by atoms with Crippen molar-refractivity contribution in [3.63, 3.8) is 0 Å². The van der Waals surface area contributed by atoms with E-state index in [1.165, 1.54) is 31.4 Å². The van der Waals surface area contributed by atoms with Crippen LogP contribution in [0.5, 0.6) is 0 Å². The van der Waals surface area contributed by atoms with Gasteiger partial charge in [0.2, 0.25) is 0 Å². The lowest BCUT2D eigenvalue weighted by Gasteiger charge is -2.49. The molecule has 2 rings (SSSR count). The minimum absolute atomic E-state index is 0.438. The van der Waals surface area contributed by atoms with E-state index in [9.17, 15) is 0 Å². The quantitative estimate of drug-likeness (QED) is 0.657. The number of hydrogen-bond acceptors (Lipinski definition) is 3. The Bertz CT molecular complexity index is 291. The third-order valence-corrected chi connectivity index (χ3v) is 5.29. The molecule has 0 radical (unpaired) electrons. The summed E-state index contributed by atoms with van der Waals surface area (Å²) in [5.41, 5.74) is 0.518. The van der Waals surface area contributed by atoms with Gasteiger partial charge < -0.3 is 0 Å². The van der Waals surface area contributed by atoms with Crippen molar-refractivity contribution >= 4 is 11.8 Å². The molecule has 0 saturated carbocycles. The Labute approximate surface area is 103 Å². The highest BCUT2D eigenvalue weighted by molar-refractivity contribution is 8.00. The molecule has 0 amide bonds.